The van der Waals surface area contributed by atoms with E-state index < -0.39 is 0 Å². The van der Waals surface area contributed by atoms with Crippen LogP contribution in [0.3, 0.4) is 0 Å². The molecule has 3 rings (SSSR count). The van der Waals surface area contributed by atoms with E-state index in [0.717, 1.165) is 33.4 Å². The number of nitrogens with zero attached hydrogens (tertiary/aromatic N) is 1. The van der Waals surface area contributed by atoms with Crippen LogP contribution < -0.4 is 10.1 Å². The topological polar surface area (TPSA) is 55.0 Å². The number of hydrogen-bond acceptors (Lipinski definition) is 4. The molecule has 130 valence electrons. The summed E-state index contributed by atoms with van der Waals surface area (Å²) in [5, 5.41) is 11.4. The molecule has 3 aromatic rings. The molecular weight excluding hydrogens is 338 g/mol. The summed E-state index contributed by atoms with van der Waals surface area (Å²) in [7, 11) is 0. The monoisotopic (exact) mass is 357 g/mol. The van der Waals surface area contributed by atoms with E-state index in [1.807, 2.05) is 55.5 Å². The Morgan fingerprint density at radius 1 is 1.12 bits per heavy atom. The number of rotatable bonds is 6. The van der Waals surface area contributed by atoms with E-state index in [9.17, 15) is 0 Å². The van der Waals surface area contributed by atoms with Crippen molar-refractivity contribution in [3.63, 3.8) is 0 Å². The van der Waals surface area contributed by atoms with E-state index in [1.165, 1.54) is 0 Å². The van der Waals surface area contributed by atoms with Gasteiger partial charge in [0.05, 0.1) is 12.0 Å². The number of fused-ring (bicyclic) bond motifs is 1. The van der Waals surface area contributed by atoms with Crippen molar-refractivity contribution in [3.05, 3.63) is 58.9 Å². The SMILES string of the molecule is CCOc1ccc2oc(-c3ccc(Cl)cc3)cc(=NCCCO)c2c1. The standard InChI is InChI=1S/C20H20ClNO3/c1-2-24-16-8-9-19-17(12-16)18(22-10-3-11-23)13-20(25-19)14-4-6-15(21)7-5-14/h4-9,12-13,23H,2-3,10-11H2,1H3. The van der Waals surface area contributed by atoms with Crippen molar-refractivity contribution in [2.75, 3.05) is 19.8 Å². The molecule has 25 heavy (non-hydrogen) atoms. The van der Waals surface area contributed by atoms with Gasteiger partial charge in [-0.3, -0.25) is 4.99 Å². The molecule has 4 nitrogen and oxygen atoms in total. The fourth-order valence-corrected chi connectivity index (χ4v) is 2.69. The van der Waals surface area contributed by atoms with Crippen molar-refractivity contribution in [2.24, 2.45) is 4.99 Å². The zero-order valence-electron chi connectivity index (χ0n) is 14.0. The lowest BCUT2D eigenvalue weighted by Gasteiger charge is -2.08. The smallest absolute Gasteiger partial charge is 0.137 e. The molecule has 0 aliphatic heterocycles. The number of hydrogen-bond donors (Lipinski definition) is 1. The van der Waals surface area contributed by atoms with Gasteiger partial charge in [-0.2, -0.15) is 0 Å². The lowest BCUT2D eigenvalue weighted by atomic mass is 10.1. The summed E-state index contributed by atoms with van der Waals surface area (Å²) in [6.45, 7) is 3.22. The third-order valence-corrected chi connectivity index (χ3v) is 4.00. The average molecular weight is 358 g/mol. The second-order valence-electron chi connectivity index (χ2n) is 5.55. The van der Waals surface area contributed by atoms with E-state index in [0.29, 0.717) is 24.6 Å². The lowest BCUT2D eigenvalue weighted by Crippen LogP contribution is -2.06. The summed E-state index contributed by atoms with van der Waals surface area (Å²) in [5.74, 6) is 1.50. The summed E-state index contributed by atoms with van der Waals surface area (Å²) in [5.41, 5.74) is 1.66. The predicted molar refractivity (Wildman–Crippen MR) is 100.0 cm³/mol. The van der Waals surface area contributed by atoms with Crippen LogP contribution in [0.15, 0.2) is 57.9 Å². The summed E-state index contributed by atoms with van der Waals surface area (Å²) in [6, 6.07) is 15.1. The van der Waals surface area contributed by atoms with Gasteiger partial charge in [0.2, 0.25) is 0 Å². The highest BCUT2D eigenvalue weighted by atomic mass is 35.5. The first-order valence-corrected chi connectivity index (χ1v) is 8.67. The van der Waals surface area contributed by atoms with Gasteiger partial charge < -0.3 is 14.3 Å². The van der Waals surface area contributed by atoms with E-state index in [1.54, 1.807) is 0 Å². The second-order valence-corrected chi connectivity index (χ2v) is 5.99. The van der Waals surface area contributed by atoms with Crippen molar-refractivity contribution in [2.45, 2.75) is 13.3 Å². The van der Waals surface area contributed by atoms with Gasteiger partial charge in [0, 0.05) is 35.2 Å². The van der Waals surface area contributed by atoms with Gasteiger partial charge in [-0.05, 0) is 55.8 Å². The number of ether oxygens (including phenoxy) is 1. The van der Waals surface area contributed by atoms with E-state index >= 15 is 0 Å². The van der Waals surface area contributed by atoms with Gasteiger partial charge in [-0.25, -0.2) is 0 Å². The van der Waals surface area contributed by atoms with Gasteiger partial charge >= 0.3 is 0 Å². The highest BCUT2D eigenvalue weighted by Crippen LogP contribution is 2.25. The molecule has 0 unspecified atom stereocenters. The molecule has 0 bridgehead atoms. The van der Waals surface area contributed by atoms with E-state index in [-0.39, 0.29) is 6.61 Å². The Morgan fingerprint density at radius 3 is 2.64 bits per heavy atom. The van der Waals surface area contributed by atoms with Gasteiger partial charge in [0.25, 0.3) is 0 Å². The number of benzene rings is 2. The van der Waals surface area contributed by atoms with Crippen molar-refractivity contribution in [1.29, 1.82) is 0 Å². The van der Waals surface area contributed by atoms with Crippen LogP contribution in [0, 0.1) is 0 Å². The summed E-state index contributed by atoms with van der Waals surface area (Å²) in [6.07, 6.45) is 0.620. The first kappa shape index (κ1) is 17.5. The van der Waals surface area contributed by atoms with Crippen LogP contribution in [0.4, 0.5) is 0 Å². The van der Waals surface area contributed by atoms with Crippen LogP contribution in [0.5, 0.6) is 5.75 Å². The first-order valence-electron chi connectivity index (χ1n) is 8.29. The van der Waals surface area contributed by atoms with Crippen molar-refractivity contribution in [3.8, 4) is 17.1 Å². The molecule has 0 aliphatic rings. The van der Waals surface area contributed by atoms with Crippen molar-refractivity contribution in [1.82, 2.24) is 0 Å². The normalized spacial score (nSPS) is 11.9. The van der Waals surface area contributed by atoms with Crippen molar-refractivity contribution < 1.29 is 14.3 Å². The molecule has 0 spiro atoms. The maximum atomic E-state index is 9.02. The largest absolute Gasteiger partial charge is 0.494 e. The minimum absolute atomic E-state index is 0.118. The fourth-order valence-electron chi connectivity index (χ4n) is 2.56. The molecule has 2 aromatic carbocycles. The van der Waals surface area contributed by atoms with Crippen LogP contribution in [0.25, 0.3) is 22.3 Å². The molecular formula is C20H20ClNO3. The Bertz CT molecular complexity index is 916. The molecule has 5 heteroatoms. The minimum atomic E-state index is 0.118. The zero-order chi connectivity index (χ0) is 17.6. The van der Waals surface area contributed by atoms with Crippen molar-refractivity contribution >= 4 is 22.6 Å². The Morgan fingerprint density at radius 2 is 1.92 bits per heavy atom. The zero-order valence-corrected chi connectivity index (χ0v) is 14.8. The van der Waals surface area contributed by atoms with Gasteiger partial charge in [0.1, 0.15) is 17.1 Å². The number of aliphatic hydroxyl groups excluding tert-OH is 1. The molecule has 1 aromatic heterocycles. The minimum Gasteiger partial charge on any atom is -0.494 e. The number of aliphatic hydroxyl groups is 1. The summed E-state index contributed by atoms with van der Waals surface area (Å²) in [4.78, 5) is 4.63. The van der Waals surface area contributed by atoms with Crippen LogP contribution in [-0.4, -0.2) is 24.9 Å². The van der Waals surface area contributed by atoms with Crippen LogP contribution in [0.2, 0.25) is 5.02 Å². The lowest BCUT2D eigenvalue weighted by molar-refractivity contribution is 0.291. The maximum absolute atomic E-state index is 9.02. The van der Waals surface area contributed by atoms with Crippen LogP contribution in [-0.2, 0) is 0 Å². The molecule has 0 aliphatic carbocycles. The predicted octanol–water partition coefficient (Wildman–Crippen LogP) is 4.44. The Kier molecular flexibility index (Phi) is 5.74. The molecule has 1 N–H and O–H groups in total. The first-order chi connectivity index (χ1) is 12.2. The Labute approximate surface area is 151 Å². The summed E-state index contributed by atoms with van der Waals surface area (Å²) >= 11 is 5.97. The third kappa shape index (κ3) is 4.21. The second kappa shape index (κ2) is 8.19. The molecule has 0 fully saturated rings. The molecule has 0 saturated carbocycles. The highest BCUT2D eigenvalue weighted by molar-refractivity contribution is 6.30. The van der Waals surface area contributed by atoms with E-state index in [2.05, 4.69) is 4.99 Å². The Hall–Kier alpha value is -2.30. The fraction of sp³-hybridized carbons (Fsp3) is 0.250. The van der Waals surface area contributed by atoms with Crippen LogP contribution >= 0.6 is 11.6 Å². The third-order valence-electron chi connectivity index (χ3n) is 3.75. The molecule has 1 heterocycles. The molecule has 0 saturated heterocycles. The number of halogens is 1. The van der Waals surface area contributed by atoms with Gasteiger partial charge in [0.15, 0.2) is 0 Å². The maximum Gasteiger partial charge on any atom is 0.137 e. The highest BCUT2D eigenvalue weighted by Gasteiger charge is 2.07. The van der Waals surface area contributed by atoms with E-state index in [4.69, 9.17) is 25.9 Å². The van der Waals surface area contributed by atoms with Gasteiger partial charge in [-0.15, -0.1) is 0 Å². The summed E-state index contributed by atoms with van der Waals surface area (Å²) < 4.78 is 11.6. The average Bonchev–Trinajstić information content (AvgIpc) is 2.63. The molecule has 0 atom stereocenters. The van der Waals surface area contributed by atoms with Crippen LogP contribution in [0.1, 0.15) is 13.3 Å². The quantitative estimate of drug-likeness (QED) is 0.664. The molecule has 0 amide bonds. The Balaban J connectivity index is 2.15. The molecule has 0 radical (unpaired) electrons. The van der Waals surface area contributed by atoms with Gasteiger partial charge in [-0.1, -0.05) is 11.6 Å².